The van der Waals surface area contributed by atoms with Gasteiger partial charge in [0.1, 0.15) is 23.2 Å². The molecule has 0 amide bonds. The van der Waals surface area contributed by atoms with Crippen LogP contribution in [0.1, 0.15) is 30.1 Å². The number of pyridine rings is 1. The molecule has 9 nitrogen and oxygen atoms in total. The summed E-state index contributed by atoms with van der Waals surface area (Å²) in [6.45, 7) is 0.326. The van der Waals surface area contributed by atoms with E-state index in [0.29, 0.717) is 23.4 Å². The highest BCUT2D eigenvalue weighted by Crippen LogP contribution is 2.43. The highest BCUT2D eigenvalue weighted by Gasteiger charge is 2.33. The van der Waals surface area contributed by atoms with Crippen LogP contribution in [-0.4, -0.2) is 33.9 Å². The Hall–Kier alpha value is -4.32. The molecule has 1 saturated carbocycles. The lowest BCUT2D eigenvalue weighted by Gasteiger charge is -2.12. The third kappa shape index (κ3) is 2.65. The summed E-state index contributed by atoms with van der Waals surface area (Å²) in [5, 5.41) is 17.8. The molecule has 1 aromatic carbocycles. The summed E-state index contributed by atoms with van der Waals surface area (Å²) in [6.07, 6.45) is 7.37. The van der Waals surface area contributed by atoms with E-state index in [9.17, 15) is 10.1 Å². The van der Waals surface area contributed by atoms with Crippen LogP contribution >= 0.6 is 0 Å². The Bertz CT molecular complexity index is 1550. The van der Waals surface area contributed by atoms with E-state index < -0.39 is 0 Å². The third-order valence-corrected chi connectivity index (χ3v) is 5.67. The van der Waals surface area contributed by atoms with Crippen molar-refractivity contribution in [2.45, 2.75) is 25.3 Å². The van der Waals surface area contributed by atoms with Crippen molar-refractivity contribution in [3.63, 3.8) is 0 Å². The van der Waals surface area contributed by atoms with Crippen molar-refractivity contribution in [3.8, 4) is 17.6 Å². The van der Waals surface area contributed by atoms with Crippen molar-refractivity contribution in [2.75, 3.05) is 0 Å². The van der Waals surface area contributed by atoms with E-state index >= 15 is 0 Å². The molecule has 150 valence electrons. The summed E-state index contributed by atoms with van der Waals surface area (Å²) in [7, 11) is 0. The number of fused-ring (bicyclic) bond motifs is 3. The van der Waals surface area contributed by atoms with E-state index in [4.69, 9.17) is 0 Å². The molecule has 1 fully saturated rings. The Labute approximate surface area is 175 Å². The molecule has 1 aliphatic rings. The van der Waals surface area contributed by atoms with Gasteiger partial charge in [-0.2, -0.15) is 5.26 Å². The predicted molar refractivity (Wildman–Crippen MR) is 112 cm³/mol. The summed E-state index contributed by atoms with van der Waals surface area (Å²) in [5.74, 6) is 0.255. The molecule has 5 aromatic rings. The molecular weight excluding hydrogens is 392 g/mol. The lowest BCUT2D eigenvalue weighted by Crippen LogP contribution is -2.24. The fraction of sp³-hybridized carbons (Fsp3) is 0.182. The van der Waals surface area contributed by atoms with E-state index in [1.54, 1.807) is 21.5 Å². The van der Waals surface area contributed by atoms with Gasteiger partial charge in [0, 0.05) is 12.1 Å². The monoisotopic (exact) mass is 408 g/mol. The summed E-state index contributed by atoms with van der Waals surface area (Å²) >= 11 is 0. The first-order valence-corrected chi connectivity index (χ1v) is 10.0. The first kappa shape index (κ1) is 17.5. The van der Waals surface area contributed by atoms with Crippen molar-refractivity contribution in [2.24, 2.45) is 0 Å². The molecule has 1 aliphatic carbocycles. The second-order valence-corrected chi connectivity index (χ2v) is 7.62. The van der Waals surface area contributed by atoms with Gasteiger partial charge in [-0.05, 0) is 37.1 Å². The number of hydrogen-bond donors (Lipinski definition) is 0. The van der Waals surface area contributed by atoms with Gasteiger partial charge in [-0.1, -0.05) is 23.4 Å². The topological polar surface area (TPSA) is 107 Å². The average Bonchev–Trinajstić information content (AvgIpc) is 3.41. The Morgan fingerprint density at radius 2 is 1.87 bits per heavy atom. The van der Waals surface area contributed by atoms with Crippen LogP contribution in [0.15, 0.2) is 59.8 Å². The maximum absolute atomic E-state index is 13.8. The molecule has 0 atom stereocenters. The molecule has 6 rings (SSSR count). The van der Waals surface area contributed by atoms with Crippen LogP contribution in [0, 0.1) is 11.5 Å². The molecule has 4 aromatic heterocycles. The van der Waals surface area contributed by atoms with Crippen LogP contribution in [0.25, 0.3) is 27.9 Å². The van der Waals surface area contributed by atoms with Crippen molar-refractivity contribution < 1.29 is 0 Å². The third-order valence-electron chi connectivity index (χ3n) is 5.67. The van der Waals surface area contributed by atoms with Crippen LogP contribution in [0.2, 0.25) is 0 Å². The predicted octanol–water partition coefficient (Wildman–Crippen LogP) is 2.56. The number of aromatic nitrogens is 7. The van der Waals surface area contributed by atoms with Gasteiger partial charge in [-0.25, -0.2) is 4.98 Å². The van der Waals surface area contributed by atoms with Crippen molar-refractivity contribution >= 4 is 16.6 Å². The fourth-order valence-corrected chi connectivity index (χ4v) is 4.07. The minimum Gasteiger partial charge on any atom is -0.299 e. The van der Waals surface area contributed by atoms with Gasteiger partial charge in [-0.3, -0.25) is 18.7 Å². The second kappa shape index (κ2) is 6.60. The van der Waals surface area contributed by atoms with Crippen molar-refractivity contribution in [1.82, 2.24) is 33.9 Å². The minimum atomic E-state index is -0.204. The zero-order chi connectivity index (χ0) is 20.9. The lowest BCUT2D eigenvalue weighted by atomic mass is 10.1. The SMILES string of the molecule is N#Cn1nnc(C2CC2)c1-c1ncn2c1c(=O)n(Cc1ccccn1)c1ccccc12. The highest BCUT2D eigenvalue weighted by molar-refractivity contribution is 5.85. The van der Waals surface area contributed by atoms with Crippen LogP contribution < -0.4 is 5.56 Å². The van der Waals surface area contributed by atoms with Gasteiger partial charge in [0.25, 0.3) is 5.56 Å². The maximum Gasteiger partial charge on any atom is 0.278 e. The van der Waals surface area contributed by atoms with Gasteiger partial charge in [0.2, 0.25) is 6.19 Å². The number of para-hydroxylation sites is 2. The largest absolute Gasteiger partial charge is 0.299 e. The Balaban J connectivity index is 1.68. The molecule has 9 heteroatoms. The van der Waals surface area contributed by atoms with Gasteiger partial charge in [0.15, 0.2) is 0 Å². The number of rotatable bonds is 4. The van der Waals surface area contributed by atoms with Crippen LogP contribution in [0.3, 0.4) is 0 Å². The Kier molecular flexibility index (Phi) is 3.73. The van der Waals surface area contributed by atoms with Crippen LogP contribution in [0.4, 0.5) is 0 Å². The van der Waals surface area contributed by atoms with Gasteiger partial charge in [0.05, 0.1) is 29.0 Å². The van der Waals surface area contributed by atoms with E-state index in [0.717, 1.165) is 39.9 Å². The van der Waals surface area contributed by atoms with Crippen LogP contribution in [0.5, 0.6) is 0 Å². The Morgan fingerprint density at radius 3 is 2.61 bits per heavy atom. The second-order valence-electron chi connectivity index (χ2n) is 7.62. The zero-order valence-corrected chi connectivity index (χ0v) is 16.4. The van der Waals surface area contributed by atoms with E-state index in [1.165, 1.54) is 0 Å². The minimum absolute atomic E-state index is 0.204. The number of hydrogen-bond acceptors (Lipinski definition) is 6. The summed E-state index contributed by atoms with van der Waals surface area (Å²) in [4.78, 5) is 22.7. The Morgan fingerprint density at radius 1 is 1.06 bits per heavy atom. The molecule has 0 unspecified atom stereocenters. The molecule has 0 bridgehead atoms. The number of imidazole rings is 1. The van der Waals surface area contributed by atoms with E-state index in [1.807, 2.05) is 48.7 Å². The zero-order valence-electron chi connectivity index (χ0n) is 16.4. The molecule has 0 spiro atoms. The van der Waals surface area contributed by atoms with Crippen LogP contribution in [-0.2, 0) is 6.54 Å². The molecule has 0 radical (unpaired) electrons. The summed E-state index contributed by atoms with van der Waals surface area (Å²) in [6, 6.07) is 13.3. The first-order valence-electron chi connectivity index (χ1n) is 10.0. The summed E-state index contributed by atoms with van der Waals surface area (Å²) in [5.41, 5.74) is 4.26. The maximum atomic E-state index is 13.8. The number of benzene rings is 1. The normalized spacial score (nSPS) is 13.6. The molecule has 4 heterocycles. The van der Waals surface area contributed by atoms with Crippen molar-refractivity contribution in [1.29, 1.82) is 5.26 Å². The van der Waals surface area contributed by atoms with Crippen molar-refractivity contribution in [3.05, 3.63) is 76.7 Å². The molecule has 31 heavy (non-hydrogen) atoms. The summed E-state index contributed by atoms with van der Waals surface area (Å²) < 4.78 is 4.65. The van der Waals surface area contributed by atoms with E-state index in [-0.39, 0.29) is 11.5 Å². The smallest absolute Gasteiger partial charge is 0.278 e. The fourth-order valence-electron chi connectivity index (χ4n) is 4.07. The average molecular weight is 408 g/mol. The standard InChI is InChI=1S/C22H16N8O/c23-12-30-20(18(26-27-30)14-8-9-14)19-21-22(31)28(11-15-5-3-4-10-24-15)16-6-1-2-7-17(16)29(21)13-25-19/h1-7,10,13-14H,8-9,11H2. The quantitative estimate of drug-likeness (QED) is 0.452. The van der Waals surface area contributed by atoms with E-state index in [2.05, 4.69) is 20.3 Å². The first-order chi connectivity index (χ1) is 15.3. The molecular formula is C22H16N8O. The van der Waals surface area contributed by atoms with Gasteiger partial charge in [-0.15, -0.1) is 9.78 Å². The number of nitriles is 1. The van der Waals surface area contributed by atoms with Gasteiger partial charge >= 0.3 is 0 Å². The highest BCUT2D eigenvalue weighted by atomic mass is 16.1. The number of nitrogens with zero attached hydrogens (tertiary/aromatic N) is 8. The molecule has 0 N–H and O–H groups in total. The molecule has 0 aliphatic heterocycles. The lowest BCUT2D eigenvalue weighted by molar-refractivity contribution is 0.770. The van der Waals surface area contributed by atoms with Gasteiger partial charge < -0.3 is 0 Å². The molecule has 0 saturated heterocycles.